The molecule has 0 bridgehead atoms. The molecule has 32 heavy (non-hydrogen) atoms. The summed E-state index contributed by atoms with van der Waals surface area (Å²) in [5, 5.41) is 4.13. The van der Waals surface area contributed by atoms with Crippen LogP contribution in [0.4, 0.5) is 0 Å². The zero-order valence-electron chi connectivity index (χ0n) is 18.6. The zero-order chi connectivity index (χ0) is 22.2. The van der Waals surface area contributed by atoms with E-state index < -0.39 is 0 Å². The van der Waals surface area contributed by atoms with E-state index in [1.54, 1.807) is 0 Å². The number of nitrogens with zero attached hydrogens (tertiary/aromatic N) is 1. The van der Waals surface area contributed by atoms with Crippen LogP contribution in [-0.4, -0.2) is 17.3 Å². The van der Waals surface area contributed by atoms with Crippen LogP contribution in [0.15, 0.2) is 60.7 Å². The van der Waals surface area contributed by atoms with Gasteiger partial charge in [0.05, 0.1) is 0 Å². The van der Waals surface area contributed by atoms with Crippen molar-refractivity contribution in [1.82, 2.24) is 9.88 Å². The van der Waals surface area contributed by atoms with Crippen molar-refractivity contribution < 1.29 is 14.3 Å². The molecule has 0 atom stereocenters. The lowest BCUT2D eigenvalue weighted by Crippen LogP contribution is -2.22. The molecule has 0 fully saturated rings. The van der Waals surface area contributed by atoms with Gasteiger partial charge in [0.15, 0.2) is 11.5 Å². The lowest BCUT2D eigenvalue weighted by atomic mass is 10.1. The monoisotopic (exact) mass is 426 g/mol. The number of carbonyl (C=O) groups excluding carboxylic acids is 1. The van der Waals surface area contributed by atoms with Crippen LogP contribution in [0.2, 0.25) is 0 Å². The first-order chi connectivity index (χ1) is 15.5. The average molecular weight is 427 g/mol. The molecule has 1 N–H and O–H groups in total. The molecule has 3 aromatic carbocycles. The Hall–Kier alpha value is -3.73. The minimum absolute atomic E-state index is 0.0898. The second-order valence-electron chi connectivity index (χ2n) is 8.39. The van der Waals surface area contributed by atoms with Crippen LogP contribution in [0.5, 0.6) is 11.5 Å². The molecular weight excluding hydrogens is 400 g/mol. The summed E-state index contributed by atoms with van der Waals surface area (Å²) in [6.07, 6.45) is 0. The molecule has 1 aromatic heterocycles. The molecule has 162 valence electrons. The molecule has 5 nitrogen and oxygen atoms in total. The lowest BCUT2D eigenvalue weighted by Gasteiger charge is -2.10. The van der Waals surface area contributed by atoms with E-state index in [9.17, 15) is 4.79 Å². The third-order valence-electron chi connectivity index (χ3n) is 6.21. The van der Waals surface area contributed by atoms with Gasteiger partial charge >= 0.3 is 0 Å². The molecule has 0 saturated carbocycles. The number of aryl methyl sites for hydroxylation is 2. The van der Waals surface area contributed by atoms with Crippen LogP contribution < -0.4 is 14.8 Å². The smallest absolute Gasteiger partial charge is 0.251 e. The molecule has 5 rings (SSSR count). The highest BCUT2D eigenvalue weighted by Crippen LogP contribution is 2.32. The van der Waals surface area contributed by atoms with Gasteiger partial charge in [0.25, 0.3) is 5.91 Å². The van der Waals surface area contributed by atoms with E-state index in [2.05, 4.69) is 61.0 Å². The molecule has 0 saturated heterocycles. The van der Waals surface area contributed by atoms with Crippen molar-refractivity contribution in [2.45, 2.75) is 33.9 Å². The minimum Gasteiger partial charge on any atom is -0.454 e. The van der Waals surface area contributed by atoms with Gasteiger partial charge in [0.1, 0.15) is 0 Å². The second kappa shape index (κ2) is 8.08. The lowest BCUT2D eigenvalue weighted by molar-refractivity contribution is 0.0951. The van der Waals surface area contributed by atoms with E-state index >= 15 is 0 Å². The van der Waals surface area contributed by atoms with Crippen LogP contribution in [-0.2, 0) is 13.1 Å². The SMILES string of the molecule is Cc1cccc(Cn2c(C)c(C)c3cc(C(=O)NCc4ccc5c(c4)OCO5)ccc32)c1. The molecular formula is C27H26N2O3. The predicted octanol–water partition coefficient (Wildman–Crippen LogP) is 5.27. The van der Waals surface area contributed by atoms with Crippen LogP contribution in [0, 0.1) is 20.8 Å². The molecule has 0 unspecified atom stereocenters. The first-order valence-electron chi connectivity index (χ1n) is 10.8. The second-order valence-corrected chi connectivity index (χ2v) is 8.39. The van der Waals surface area contributed by atoms with Gasteiger partial charge in [-0.05, 0) is 67.8 Å². The molecule has 4 aromatic rings. The van der Waals surface area contributed by atoms with Crippen molar-refractivity contribution in [1.29, 1.82) is 0 Å². The molecule has 0 spiro atoms. The summed E-state index contributed by atoms with van der Waals surface area (Å²) in [5.41, 5.74) is 7.74. The van der Waals surface area contributed by atoms with E-state index in [1.165, 1.54) is 22.4 Å². The number of benzene rings is 3. The summed E-state index contributed by atoms with van der Waals surface area (Å²) in [6, 6.07) is 20.3. The number of aromatic nitrogens is 1. The Morgan fingerprint density at radius 1 is 0.938 bits per heavy atom. The average Bonchev–Trinajstić information content (AvgIpc) is 3.36. The van der Waals surface area contributed by atoms with Crippen LogP contribution in [0.3, 0.4) is 0 Å². The number of nitrogens with one attached hydrogen (secondary N) is 1. The quantitative estimate of drug-likeness (QED) is 0.473. The fraction of sp³-hybridized carbons (Fsp3) is 0.222. The third-order valence-corrected chi connectivity index (χ3v) is 6.21. The van der Waals surface area contributed by atoms with E-state index in [4.69, 9.17) is 9.47 Å². The van der Waals surface area contributed by atoms with E-state index in [0.717, 1.165) is 34.5 Å². The molecule has 1 aliphatic heterocycles. The maximum absolute atomic E-state index is 12.9. The fourth-order valence-electron chi connectivity index (χ4n) is 4.32. The number of carbonyl (C=O) groups is 1. The Labute approximate surface area is 187 Å². The maximum atomic E-state index is 12.9. The zero-order valence-corrected chi connectivity index (χ0v) is 18.6. The Morgan fingerprint density at radius 3 is 2.62 bits per heavy atom. The molecule has 5 heteroatoms. The highest BCUT2D eigenvalue weighted by Gasteiger charge is 2.16. The molecule has 1 amide bonds. The standard InChI is InChI=1S/C27H26N2O3/c1-17-5-4-6-21(11-17)15-29-19(3)18(2)23-13-22(8-9-24(23)29)27(30)28-14-20-7-10-25-26(12-20)32-16-31-25/h4-13H,14-16H2,1-3H3,(H,28,30). The molecule has 0 radical (unpaired) electrons. The Bertz CT molecular complexity index is 1340. The Balaban J connectivity index is 1.37. The normalized spacial score (nSPS) is 12.3. The fourth-order valence-corrected chi connectivity index (χ4v) is 4.32. The van der Waals surface area contributed by atoms with Gasteiger partial charge in [0.2, 0.25) is 6.79 Å². The summed E-state index contributed by atoms with van der Waals surface area (Å²) in [4.78, 5) is 12.9. The first kappa shape index (κ1) is 20.2. The van der Waals surface area contributed by atoms with E-state index in [0.29, 0.717) is 12.1 Å². The number of amides is 1. The highest BCUT2D eigenvalue weighted by molar-refractivity contribution is 5.99. The minimum atomic E-state index is -0.0898. The molecule has 1 aliphatic rings. The van der Waals surface area contributed by atoms with Crippen molar-refractivity contribution in [2.75, 3.05) is 6.79 Å². The predicted molar refractivity (Wildman–Crippen MR) is 125 cm³/mol. The largest absolute Gasteiger partial charge is 0.454 e. The Morgan fingerprint density at radius 2 is 1.78 bits per heavy atom. The number of rotatable bonds is 5. The van der Waals surface area contributed by atoms with Gasteiger partial charge in [0, 0.05) is 35.2 Å². The van der Waals surface area contributed by atoms with Crippen molar-refractivity contribution in [3.8, 4) is 11.5 Å². The van der Waals surface area contributed by atoms with Gasteiger partial charge in [-0.2, -0.15) is 0 Å². The summed E-state index contributed by atoms with van der Waals surface area (Å²) in [7, 11) is 0. The molecule has 2 heterocycles. The van der Waals surface area contributed by atoms with Gasteiger partial charge in [-0.3, -0.25) is 4.79 Å². The van der Waals surface area contributed by atoms with Crippen LogP contribution in [0.25, 0.3) is 10.9 Å². The van der Waals surface area contributed by atoms with Gasteiger partial charge < -0.3 is 19.4 Å². The van der Waals surface area contributed by atoms with Crippen molar-refractivity contribution in [3.05, 3.63) is 94.2 Å². The van der Waals surface area contributed by atoms with Crippen molar-refractivity contribution in [3.63, 3.8) is 0 Å². The number of fused-ring (bicyclic) bond motifs is 2. The Kier molecular flexibility index (Phi) is 5.10. The van der Waals surface area contributed by atoms with Crippen molar-refractivity contribution >= 4 is 16.8 Å². The molecule has 0 aliphatic carbocycles. The topological polar surface area (TPSA) is 52.5 Å². The van der Waals surface area contributed by atoms with Crippen molar-refractivity contribution in [2.24, 2.45) is 0 Å². The summed E-state index contributed by atoms with van der Waals surface area (Å²) in [6.45, 7) is 7.87. The van der Waals surface area contributed by atoms with Crippen LogP contribution >= 0.6 is 0 Å². The van der Waals surface area contributed by atoms with Crippen LogP contribution in [0.1, 0.15) is 38.3 Å². The summed E-state index contributed by atoms with van der Waals surface area (Å²) < 4.78 is 13.1. The number of ether oxygens (including phenoxy) is 2. The summed E-state index contributed by atoms with van der Waals surface area (Å²) >= 11 is 0. The number of hydrogen-bond acceptors (Lipinski definition) is 3. The maximum Gasteiger partial charge on any atom is 0.251 e. The first-order valence-corrected chi connectivity index (χ1v) is 10.8. The van der Waals surface area contributed by atoms with Gasteiger partial charge in [-0.15, -0.1) is 0 Å². The van der Waals surface area contributed by atoms with Gasteiger partial charge in [-0.1, -0.05) is 35.9 Å². The van der Waals surface area contributed by atoms with Gasteiger partial charge in [-0.25, -0.2) is 0 Å². The number of hydrogen-bond donors (Lipinski definition) is 1. The van der Waals surface area contributed by atoms with E-state index in [-0.39, 0.29) is 12.7 Å². The summed E-state index contributed by atoms with van der Waals surface area (Å²) in [5.74, 6) is 1.37. The highest BCUT2D eigenvalue weighted by atomic mass is 16.7. The third kappa shape index (κ3) is 3.71. The van der Waals surface area contributed by atoms with E-state index in [1.807, 2.05) is 30.3 Å².